The number of sulfonamides is 1. The molecular weight excluding hydrogens is 442 g/mol. The number of hydrogen-bond acceptors (Lipinski definition) is 4. The second kappa shape index (κ2) is 9.47. The molecule has 1 aliphatic rings. The molecule has 6 nitrogen and oxygen atoms in total. The summed E-state index contributed by atoms with van der Waals surface area (Å²) in [5.41, 5.74) is 1.57. The van der Waals surface area contributed by atoms with Gasteiger partial charge in [0.1, 0.15) is 0 Å². The SMILES string of the molecule is O=C(CN1CCN(S(=O)(=O)/C=C\c2ccccc2)CC1)Nc1cccc(Br)c1. The quantitative estimate of drug-likeness (QED) is 0.714. The maximum Gasteiger partial charge on any atom is 0.238 e. The second-order valence-corrected chi connectivity index (χ2v) is 9.23. The van der Waals surface area contributed by atoms with Gasteiger partial charge < -0.3 is 5.32 Å². The fourth-order valence-corrected chi connectivity index (χ4v) is 4.50. The van der Waals surface area contributed by atoms with E-state index in [0.717, 1.165) is 15.7 Å². The molecule has 0 unspecified atom stereocenters. The first-order valence-electron chi connectivity index (χ1n) is 8.93. The molecular formula is C20H22BrN3O3S. The van der Waals surface area contributed by atoms with E-state index in [0.29, 0.717) is 26.2 Å². The van der Waals surface area contributed by atoms with Crippen molar-refractivity contribution in [2.24, 2.45) is 0 Å². The highest BCUT2D eigenvalue weighted by Crippen LogP contribution is 2.16. The molecule has 1 heterocycles. The van der Waals surface area contributed by atoms with Crippen LogP contribution in [0.3, 0.4) is 0 Å². The van der Waals surface area contributed by atoms with Gasteiger partial charge in [-0.15, -0.1) is 0 Å². The first-order chi connectivity index (χ1) is 13.4. The lowest BCUT2D eigenvalue weighted by Gasteiger charge is -2.32. The molecule has 2 aromatic carbocycles. The van der Waals surface area contributed by atoms with Gasteiger partial charge in [0, 0.05) is 41.7 Å². The maximum atomic E-state index is 12.5. The van der Waals surface area contributed by atoms with Gasteiger partial charge in [-0.2, -0.15) is 4.31 Å². The van der Waals surface area contributed by atoms with Crippen molar-refractivity contribution < 1.29 is 13.2 Å². The van der Waals surface area contributed by atoms with Gasteiger partial charge in [0.2, 0.25) is 15.9 Å². The number of piperazine rings is 1. The predicted octanol–water partition coefficient (Wildman–Crippen LogP) is 3.01. The van der Waals surface area contributed by atoms with E-state index in [1.54, 1.807) is 6.08 Å². The summed E-state index contributed by atoms with van der Waals surface area (Å²) in [6, 6.07) is 16.7. The molecule has 0 spiro atoms. The molecule has 0 radical (unpaired) electrons. The van der Waals surface area contributed by atoms with Crippen LogP contribution in [0.25, 0.3) is 6.08 Å². The Balaban J connectivity index is 1.49. The number of nitrogens with one attached hydrogen (secondary N) is 1. The summed E-state index contributed by atoms with van der Waals surface area (Å²) in [5.74, 6) is -0.113. The van der Waals surface area contributed by atoms with E-state index in [1.807, 2.05) is 59.5 Å². The van der Waals surface area contributed by atoms with Crippen LogP contribution in [0.15, 0.2) is 64.5 Å². The lowest BCUT2D eigenvalue weighted by molar-refractivity contribution is -0.117. The van der Waals surface area contributed by atoms with E-state index in [-0.39, 0.29) is 12.5 Å². The minimum Gasteiger partial charge on any atom is -0.325 e. The van der Waals surface area contributed by atoms with Crippen molar-refractivity contribution in [2.75, 3.05) is 38.0 Å². The van der Waals surface area contributed by atoms with Crippen molar-refractivity contribution in [3.8, 4) is 0 Å². The van der Waals surface area contributed by atoms with Crippen molar-refractivity contribution in [3.63, 3.8) is 0 Å². The molecule has 28 heavy (non-hydrogen) atoms. The fraction of sp³-hybridized carbons (Fsp3) is 0.250. The van der Waals surface area contributed by atoms with E-state index in [4.69, 9.17) is 0 Å². The van der Waals surface area contributed by atoms with Crippen molar-refractivity contribution in [3.05, 3.63) is 70.0 Å². The number of benzene rings is 2. The second-order valence-electron chi connectivity index (χ2n) is 6.49. The minimum atomic E-state index is -3.47. The maximum absolute atomic E-state index is 12.5. The number of hydrogen-bond donors (Lipinski definition) is 1. The first kappa shape index (κ1) is 20.7. The van der Waals surface area contributed by atoms with Crippen molar-refractivity contribution >= 4 is 43.6 Å². The highest BCUT2D eigenvalue weighted by molar-refractivity contribution is 9.10. The van der Waals surface area contributed by atoms with Crippen LogP contribution in [0.1, 0.15) is 5.56 Å². The lowest BCUT2D eigenvalue weighted by Crippen LogP contribution is -2.49. The van der Waals surface area contributed by atoms with Crippen LogP contribution in [0, 0.1) is 0 Å². The third-order valence-corrected chi connectivity index (χ3v) is 6.46. The molecule has 1 N–H and O–H groups in total. The molecule has 148 valence electrons. The molecule has 3 rings (SSSR count). The zero-order valence-electron chi connectivity index (χ0n) is 15.3. The van der Waals surface area contributed by atoms with Crippen LogP contribution in [0.5, 0.6) is 0 Å². The molecule has 1 amide bonds. The first-order valence-corrected chi connectivity index (χ1v) is 11.2. The van der Waals surface area contributed by atoms with E-state index < -0.39 is 10.0 Å². The van der Waals surface area contributed by atoms with Gasteiger partial charge in [-0.1, -0.05) is 52.3 Å². The molecule has 1 saturated heterocycles. The standard InChI is InChI=1S/C20H22BrN3O3S/c21-18-7-4-8-19(15-18)22-20(25)16-23-10-12-24(13-11-23)28(26,27)14-9-17-5-2-1-3-6-17/h1-9,14-15H,10-13,16H2,(H,22,25)/b14-9-. The number of carbonyl (C=O) groups is 1. The molecule has 1 aliphatic heterocycles. The Morgan fingerprint density at radius 1 is 1.04 bits per heavy atom. The summed E-state index contributed by atoms with van der Waals surface area (Å²) in [6.45, 7) is 2.01. The Bertz CT molecular complexity index is 940. The van der Waals surface area contributed by atoms with Gasteiger partial charge in [-0.3, -0.25) is 9.69 Å². The Morgan fingerprint density at radius 3 is 2.43 bits per heavy atom. The Hall–Kier alpha value is -2.00. The summed E-state index contributed by atoms with van der Waals surface area (Å²) in [5, 5.41) is 4.10. The largest absolute Gasteiger partial charge is 0.325 e. The zero-order valence-corrected chi connectivity index (χ0v) is 17.7. The van der Waals surface area contributed by atoms with Gasteiger partial charge in [-0.05, 0) is 29.8 Å². The van der Waals surface area contributed by atoms with E-state index in [9.17, 15) is 13.2 Å². The number of carbonyl (C=O) groups excluding carboxylic acids is 1. The molecule has 8 heteroatoms. The van der Waals surface area contributed by atoms with Gasteiger partial charge in [0.25, 0.3) is 0 Å². The molecule has 0 bridgehead atoms. The Morgan fingerprint density at radius 2 is 1.75 bits per heavy atom. The summed E-state index contributed by atoms with van der Waals surface area (Å²) < 4.78 is 27.3. The molecule has 0 saturated carbocycles. The molecule has 2 aromatic rings. The highest BCUT2D eigenvalue weighted by atomic mass is 79.9. The Labute approximate surface area is 174 Å². The summed E-state index contributed by atoms with van der Waals surface area (Å²) >= 11 is 3.37. The number of nitrogens with zero attached hydrogens (tertiary/aromatic N) is 2. The summed E-state index contributed by atoms with van der Waals surface area (Å²) in [6.07, 6.45) is 1.60. The monoisotopic (exact) mass is 463 g/mol. The molecule has 0 aliphatic carbocycles. The van der Waals surface area contributed by atoms with Crippen LogP contribution < -0.4 is 5.32 Å². The van der Waals surface area contributed by atoms with Gasteiger partial charge in [0.15, 0.2) is 0 Å². The van der Waals surface area contributed by atoms with Crippen LogP contribution in [-0.4, -0.2) is 56.3 Å². The van der Waals surface area contributed by atoms with E-state index >= 15 is 0 Å². The smallest absolute Gasteiger partial charge is 0.238 e. The van der Waals surface area contributed by atoms with Crippen molar-refractivity contribution in [2.45, 2.75) is 0 Å². The van der Waals surface area contributed by atoms with Gasteiger partial charge >= 0.3 is 0 Å². The number of anilines is 1. The number of rotatable bonds is 6. The highest BCUT2D eigenvalue weighted by Gasteiger charge is 2.25. The van der Waals surface area contributed by atoms with Crippen LogP contribution in [-0.2, 0) is 14.8 Å². The lowest BCUT2D eigenvalue weighted by atomic mass is 10.2. The average Bonchev–Trinajstić information content (AvgIpc) is 2.68. The average molecular weight is 464 g/mol. The van der Waals surface area contributed by atoms with Crippen LogP contribution in [0.2, 0.25) is 0 Å². The van der Waals surface area contributed by atoms with Gasteiger partial charge in [0.05, 0.1) is 6.54 Å². The summed E-state index contributed by atoms with van der Waals surface area (Å²) in [7, 11) is -3.47. The van der Waals surface area contributed by atoms with Gasteiger partial charge in [-0.25, -0.2) is 8.42 Å². The Kier molecular flexibility index (Phi) is 7.01. The third-order valence-electron chi connectivity index (χ3n) is 4.40. The summed E-state index contributed by atoms with van der Waals surface area (Å²) in [4.78, 5) is 14.2. The zero-order chi connectivity index (χ0) is 20.0. The topological polar surface area (TPSA) is 69.7 Å². The molecule has 1 fully saturated rings. The molecule has 0 aromatic heterocycles. The van der Waals surface area contributed by atoms with Crippen molar-refractivity contribution in [1.82, 2.24) is 9.21 Å². The van der Waals surface area contributed by atoms with Crippen molar-refractivity contribution in [1.29, 1.82) is 0 Å². The van der Waals surface area contributed by atoms with E-state index in [1.165, 1.54) is 9.71 Å². The van der Waals surface area contributed by atoms with E-state index in [2.05, 4.69) is 21.2 Å². The fourth-order valence-electron chi connectivity index (χ4n) is 2.93. The molecule has 0 atom stereocenters. The number of halogens is 1. The minimum absolute atomic E-state index is 0.113. The predicted molar refractivity (Wildman–Crippen MR) is 115 cm³/mol. The van der Waals surface area contributed by atoms with Crippen LogP contribution in [0.4, 0.5) is 5.69 Å². The third kappa shape index (κ3) is 6.00. The van der Waals surface area contributed by atoms with Crippen LogP contribution >= 0.6 is 15.9 Å². The number of amides is 1. The normalized spacial score (nSPS) is 16.3.